The summed E-state index contributed by atoms with van der Waals surface area (Å²) in [5.74, 6) is 0.163. The van der Waals surface area contributed by atoms with E-state index in [4.69, 9.17) is 4.42 Å². The SMILES string of the molecule is CC(=O)Nc1cccc(C(=O)Nc2nc(-c3cc4ccccc4o3)cs2)c1. The molecule has 0 fully saturated rings. The van der Waals surface area contributed by atoms with E-state index < -0.39 is 0 Å². The Labute approximate surface area is 158 Å². The van der Waals surface area contributed by atoms with Crippen LogP contribution in [0.1, 0.15) is 17.3 Å². The minimum Gasteiger partial charge on any atom is -0.454 e. The molecule has 0 bridgehead atoms. The molecular weight excluding hydrogens is 362 g/mol. The van der Waals surface area contributed by atoms with Gasteiger partial charge in [0.1, 0.15) is 11.3 Å². The van der Waals surface area contributed by atoms with Crippen molar-refractivity contribution in [2.24, 2.45) is 0 Å². The summed E-state index contributed by atoms with van der Waals surface area (Å²) in [6, 6.07) is 16.4. The molecule has 0 saturated carbocycles. The lowest BCUT2D eigenvalue weighted by Crippen LogP contribution is -2.13. The van der Waals surface area contributed by atoms with E-state index in [2.05, 4.69) is 15.6 Å². The number of anilines is 2. The zero-order valence-corrected chi connectivity index (χ0v) is 15.2. The van der Waals surface area contributed by atoms with Gasteiger partial charge >= 0.3 is 0 Å². The molecule has 7 heteroatoms. The van der Waals surface area contributed by atoms with Gasteiger partial charge in [0.25, 0.3) is 5.91 Å². The van der Waals surface area contributed by atoms with Crippen molar-refractivity contribution in [3.8, 4) is 11.5 Å². The van der Waals surface area contributed by atoms with Gasteiger partial charge in [0, 0.05) is 28.9 Å². The van der Waals surface area contributed by atoms with E-state index in [0.717, 1.165) is 11.0 Å². The smallest absolute Gasteiger partial charge is 0.257 e. The van der Waals surface area contributed by atoms with Crippen LogP contribution in [0.3, 0.4) is 0 Å². The molecule has 0 radical (unpaired) electrons. The highest BCUT2D eigenvalue weighted by Crippen LogP contribution is 2.30. The van der Waals surface area contributed by atoms with Gasteiger partial charge < -0.3 is 9.73 Å². The lowest BCUT2D eigenvalue weighted by molar-refractivity contribution is -0.114. The first-order chi connectivity index (χ1) is 13.1. The zero-order valence-electron chi connectivity index (χ0n) is 14.4. The van der Waals surface area contributed by atoms with Crippen LogP contribution in [0.4, 0.5) is 10.8 Å². The summed E-state index contributed by atoms with van der Waals surface area (Å²) in [7, 11) is 0. The van der Waals surface area contributed by atoms with Gasteiger partial charge in [0.2, 0.25) is 5.91 Å². The Bertz CT molecular complexity index is 1110. The molecule has 6 nitrogen and oxygen atoms in total. The Balaban J connectivity index is 1.52. The number of carbonyl (C=O) groups is 2. The molecule has 0 spiro atoms. The normalized spacial score (nSPS) is 10.7. The molecule has 4 aromatic rings. The van der Waals surface area contributed by atoms with Crippen LogP contribution < -0.4 is 10.6 Å². The van der Waals surface area contributed by atoms with E-state index in [9.17, 15) is 9.59 Å². The molecule has 134 valence electrons. The first-order valence-corrected chi connectivity index (χ1v) is 9.10. The lowest BCUT2D eigenvalue weighted by atomic mass is 10.2. The molecule has 2 aromatic heterocycles. The highest BCUT2D eigenvalue weighted by molar-refractivity contribution is 7.14. The Morgan fingerprint density at radius 1 is 1.04 bits per heavy atom. The maximum absolute atomic E-state index is 12.5. The number of thiazole rings is 1. The standard InChI is InChI=1S/C20H15N3O3S/c1-12(24)21-15-7-4-6-14(9-15)19(25)23-20-22-16(11-27-20)18-10-13-5-2-3-8-17(13)26-18/h2-11H,1H3,(H,21,24)(H,22,23,25). The molecule has 0 aliphatic carbocycles. The summed E-state index contributed by atoms with van der Waals surface area (Å²) in [4.78, 5) is 28.1. The predicted octanol–water partition coefficient (Wildman–Crippen LogP) is 4.77. The number of fused-ring (bicyclic) bond motifs is 1. The molecule has 4 rings (SSSR count). The van der Waals surface area contributed by atoms with Crippen LogP contribution in [0.2, 0.25) is 0 Å². The Kier molecular flexibility index (Phi) is 4.43. The number of carbonyl (C=O) groups excluding carboxylic acids is 2. The van der Waals surface area contributed by atoms with Crippen LogP contribution in [0.5, 0.6) is 0 Å². The van der Waals surface area contributed by atoms with Crippen molar-refractivity contribution < 1.29 is 14.0 Å². The molecule has 2 N–H and O–H groups in total. The number of para-hydroxylation sites is 1. The third-order valence-electron chi connectivity index (χ3n) is 3.85. The number of benzene rings is 2. The van der Waals surface area contributed by atoms with Crippen LogP contribution in [-0.4, -0.2) is 16.8 Å². The fourth-order valence-electron chi connectivity index (χ4n) is 2.66. The topological polar surface area (TPSA) is 84.2 Å². The van der Waals surface area contributed by atoms with Crippen LogP contribution in [0.15, 0.2) is 64.4 Å². The summed E-state index contributed by atoms with van der Waals surface area (Å²) in [5, 5.41) is 8.74. The third kappa shape index (κ3) is 3.73. The number of nitrogens with one attached hydrogen (secondary N) is 2. The van der Waals surface area contributed by atoms with E-state index in [1.807, 2.05) is 35.7 Å². The number of nitrogens with zero attached hydrogens (tertiary/aromatic N) is 1. The van der Waals surface area contributed by atoms with Crippen LogP contribution in [-0.2, 0) is 4.79 Å². The minimum absolute atomic E-state index is 0.192. The van der Waals surface area contributed by atoms with Crippen molar-refractivity contribution in [1.29, 1.82) is 0 Å². The van der Waals surface area contributed by atoms with Gasteiger partial charge in [-0.25, -0.2) is 4.98 Å². The molecule has 0 aliphatic heterocycles. The molecule has 2 amide bonds. The minimum atomic E-state index is -0.298. The quantitative estimate of drug-likeness (QED) is 0.537. The van der Waals surface area contributed by atoms with E-state index in [1.54, 1.807) is 24.3 Å². The molecule has 2 aromatic carbocycles. The predicted molar refractivity (Wildman–Crippen MR) is 106 cm³/mol. The molecular formula is C20H15N3O3S. The van der Waals surface area contributed by atoms with Crippen molar-refractivity contribution in [1.82, 2.24) is 4.98 Å². The lowest BCUT2D eigenvalue weighted by Gasteiger charge is -2.05. The van der Waals surface area contributed by atoms with Crippen molar-refractivity contribution in [3.05, 3.63) is 65.5 Å². The zero-order chi connectivity index (χ0) is 18.8. The summed E-state index contributed by atoms with van der Waals surface area (Å²) in [5.41, 5.74) is 2.46. The first-order valence-electron chi connectivity index (χ1n) is 8.22. The average Bonchev–Trinajstić information content (AvgIpc) is 3.27. The second-order valence-corrected chi connectivity index (χ2v) is 6.76. The maximum atomic E-state index is 12.5. The Morgan fingerprint density at radius 2 is 1.89 bits per heavy atom. The second-order valence-electron chi connectivity index (χ2n) is 5.90. The Hall–Kier alpha value is -3.45. The largest absolute Gasteiger partial charge is 0.454 e. The first kappa shape index (κ1) is 17.0. The van der Waals surface area contributed by atoms with Crippen molar-refractivity contribution in [3.63, 3.8) is 0 Å². The van der Waals surface area contributed by atoms with Gasteiger partial charge in [0.05, 0.1) is 0 Å². The number of aromatic nitrogens is 1. The maximum Gasteiger partial charge on any atom is 0.257 e. The van der Waals surface area contributed by atoms with Gasteiger partial charge in [0.15, 0.2) is 10.9 Å². The molecule has 0 saturated heterocycles. The molecule has 0 unspecified atom stereocenters. The fraction of sp³-hybridized carbons (Fsp3) is 0.0500. The average molecular weight is 377 g/mol. The monoisotopic (exact) mass is 377 g/mol. The number of hydrogen-bond donors (Lipinski definition) is 2. The number of rotatable bonds is 4. The summed E-state index contributed by atoms with van der Waals surface area (Å²) < 4.78 is 5.80. The number of furan rings is 1. The van der Waals surface area contributed by atoms with Gasteiger partial charge in [-0.1, -0.05) is 24.3 Å². The highest BCUT2D eigenvalue weighted by atomic mass is 32.1. The highest BCUT2D eigenvalue weighted by Gasteiger charge is 2.13. The van der Waals surface area contributed by atoms with Crippen molar-refractivity contribution >= 4 is 44.9 Å². The van der Waals surface area contributed by atoms with Gasteiger partial charge in [-0.15, -0.1) is 11.3 Å². The van der Waals surface area contributed by atoms with Gasteiger partial charge in [-0.3, -0.25) is 14.9 Å². The van der Waals surface area contributed by atoms with E-state index >= 15 is 0 Å². The summed E-state index contributed by atoms with van der Waals surface area (Å²) in [6.07, 6.45) is 0. The third-order valence-corrected chi connectivity index (χ3v) is 4.61. The van der Waals surface area contributed by atoms with Crippen LogP contribution in [0, 0.1) is 0 Å². The summed E-state index contributed by atoms with van der Waals surface area (Å²) in [6.45, 7) is 1.42. The molecule has 0 aliphatic rings. The van der Waals surface area contributed by atoms with Gasteiger partial charge in [-0.2, -0.15) is 0 Å². The van der Waals surface area contributed by atoms with Crippen LogP contribution >= 0.6 is 11.3 Å². The van der Waals surface area contributed by atoms with E-state index in [1.165, 1.54) is 18.3 Å². The Morgan fingerprint density at radius 3 is 2.70 bits per heavy atom. The molecule has 2 heterocycles. The van der Waals surface area contributed by atoms with E-state index in [-0.39, 0.29) is 11.8 Å². The van der Waals surface area contributed by atoms with Gasteiger partial charge in [-0.05, 0) is 30.3 Å². The number of amides is 2. The number of hydrogen-bond acceptors (Lipinski definition) is 5. The van der Waals surface area contributed by atoms with Crippen molar-refractivity contribution in [2.45, 2.75) is 6.92 Å². The summed E-state index contributed by atoms with van der Waals surface area (Å²) >= 11 is 1.32. The van der Waals surface area contributed by atoms with Crippen LogP contribution in [0.25, 0.3) is 22.4 Å². The van der Waals surface area contributed by atoms with E-state index in [0.29, 0.717) is 27.8 Å². The fourth-order valence-corrected chi connectivity index (χ4v) is 3.36. The van der Waals surface area contributed by atoms with Crippen molar-refractivity contribution in [2.75, 3.05) is 10.6 Å². The molecule has 0 atom stereocenters. The molecule has 27 heavy (non-hydrogen) atoms. The second kappa shape index (κ2) is 7.05.